The Morgan fingerprint density at radius 1 is 0.974 bits per heavy atom. The summed E-state index contributed by atoms with van der Waals surface area (Å²) in [6.07, 6.45) is 1.61. The summed E-state index contributed by atoms with van der Waals surface area (Å²) in [6.45, 7) is 2.17. The summed E-state index contributed by atoms with van der Waals surface area (Å²) < 4.78 is 17.0. The monoisotopic (exact) mass is 586 g/mol. The fourth-order valence-corrected chi connectivity index (χ4v) is 4.70. The highest BCUT2D eigenvalue weighted by Gasteiger charge is 2.34. The van der Waals surface area contributed by atoms with E-state index in [1.165, 1.54) is 0 Å². The average molecular weight is 587 g/mol. The zero-order valence-electron chi connectivity index (χ0n) is 20.8. The van der Waals surface area contributed by atoms with Crippen molar-refractivity contribution in [1.82, 2.24) is 4.90 Å². The van der Waals surface area contributed by atoms with Crippen molar-refractivity contribution in [3.05, 3.63) is 87.2 Å². The number of nitrogens with zero attached hydrogens (tertiary/aromatic N) is 1. The van der Waals surface area contributed by atoms with Crippen LogP contribution in [0.25, 0.3) is 6.08 Å². The van der Waals surface area contributed by atoms with Crippen molar-refractivity contribution in [2.75, 3.05) is 31.7 Å². The van der Waals surface area contributed by atoms with Crippen LogP contribution in [0.5, 0.6) is 17.2 Å². The molecular weight excluding hydrogens is 563 g/mol. The lowest BCUT2D eigenvalue weighted by Crippen LogP contribution is -2.32. The van der Waals surface area contributed by atoms with Crippen LogP contribution in [0.1, 0.15) is 12.5 Å². The summed E-state index contributed by atoms with van der Waals surface area (Å²) in [4.78, 5) is 39.1. The van der Waals surface area contributed by atoms with Gasteiger partial charge in [-0.3, -0.25) is 19.3 Å². The number of hydrogen-bond acceptors (Lipinski definition) is 7. The predicted octanol–water partition coefficient (Wildman–Crippen LogP) is 6.52. The first kappa shape index (κ1) is 28.4. The smallest absolute Gasteiger partial charge is 0.293 e. The molecule has 0 aromatic heterocycles. The number of carbonyl (C=O) groups is 3. The summed E-state index contributed by atoms with van der Waals surface area (Å²) in [6, 6.07) is 18.7. The molecule has 0 radical (unpaired) electrons. The van der Waals surface area contributed by atoms with Crippen LogP contribution in [0.2, 0.25) is 10.0 Å². The van der Waals surface area contributed by atoms with Gasteiger partial charge in [0, 0.05) is 5.02 Å². The molecule has 0 unspecified atom stereocenters. The van der Waals surface area contributed by atoms with Crippen molar-refractivity contribution in [3.8, 4) is 17.2 Å². The van der Waals surface area contributed by atoms with E-state index in [4.69, 9.17) is 37.4 Å². The fraction of sp³-hybridized carbons (Fsp3) is 0.179. The zero-order valence-corrected chi connectivity index (χ0v) is 23.1. The first-order valence-electron chi connectivity index (χ1n) is 11.9. The standard InChI is InChI=1S/C28H24Cl2N2O6S/c1-2-36-24-15-18(7-12-23(24)38-17-26(33)31-22-6-4-3-5-21(22)30)16-25-27(34)32(28(35)39-25)13-14-37-20-10-8-19(29)9-11-20/h3-12,15-16H,2,13-14,17H2,1H3,(H,31,33)/b25-16-. The average Bonchev–Trinajstić information content (AvgIpc) is 3.18. The lowest BCUT2D eigenvalue weighted by molar-refractivity contribution is -0.123. The molecule has 0 spiro atoms. The van der Waals surface area contributed by atoms with E-state index in [-0.39, 0.29) is 35.8 Å². The van der Waals surface area contributed by atoms with Gasteiger partial charge in [-0.2, -0.15) is 0 Å². The highest BCUT2D eigenvalue weighted by Crippen LogP contribution is 2.35. The van der Waals surface area contributed by atoms with Crippen molar-refractivity contribution in [2.24, 2.45) is 0 Å². The van der Waals surface area contributed by atoms with Crippen LogP contribution in [-0.2, 0) is 9.59 Å². The Morgan fingerprint density at radius 3 is 2.49 bits per heavy atom. The first-order valence-corrected chi connectivity index (χ1v) is 13.5. The van der Waals surface area contributed by atoms with Gasteiger partial charge in [0.1, 0.15) is 12.4 Å². The molecule has 0 bridgehead atoms. The Morgan fingerprint density at radius 2 is 1.74 bits per heavy atom. The number of benzene rings is 3. The van der Waals surface area contributed by atoms with Gasteiger partial charge in [-0.25, -0.2) is 0 Å². The first-order chi connectivity index (χ1) is 18.8. The van der Waals surface area contributed by atoms with Gasteiger partial charge >= 0.3 is 0 Å². The largest absolute Gasteiger partial charge is 0.492 e. The Bertz CT molecular complexity index is 1400. The van der Waals surface area contributed by atoms with Crippen LogP contribution < -0.4 is 19.5 Å². The molecule has 8 nitrogen and oxygen atoms in total. The maximum Gasteiger partial charge on any atom is 0.293 e. The number of halogens is 2. The second kappa shape index (κ2) is 13.4. The molecule has 0 aliphatic carbocycles. The molecule has 3 amide bonds. The summed E-state index contributed by atoms with van der Waals surface area (Å²) in [5.41, 5.74) is 1.12. The zero-order chi connectivity index (χ0) is 27.8. The number of para-hydroxylation sites is 1. The Balaban J connectivity index is 1.38. The fourth-order valence-electron chi connectivity index (χ4n) is 3.52. The molecule has 3 aromatic rings. The summed E-state index contributed by atoms with van der Waals surface area (Å²) in [5.74, 6) is 0.555. The van der Waals surface area contributed by atoms with Crippen LogP contribution >= 0.6 is 35.0 Å². The Hall–Kier alpha value is -3.66. The molecular formula is C28H24Cl2N2O6S. The topological polar surface area (TPSA) is 94.2 Å². The third-order valence-electron chi connectivity index (χ3n) is 5.34. The lowest BCUT2D eigenvalue weighted by atomic mass is 10.2. The van der Waals surface area contributed by atoms with E-state index in [1.54, 1.807) is 72.8 Å². The van der Waals surface area contributed by atoms with Gasteiger partial charge < -0.3 is 19.5 Å². The van der Waals surface area contributed by atoms with E-state index in [0.717, 1.165) is 16.7 Å². The molecule has 1 aliphatic heterocycles. The number of anilines is 1. The summed E-state index contributed by atoms with van der Waals surface area (Å²) in [5, 5.41) is 3.33. The lowest BCUT2D eigenvalue weighted by Gasteiger charge is -2.14. The maximum absolute atomic E-state index is 12.9. The van der Waals surface area contributed by atoms with Crippen LogP contribution in [0.3, 0.4) is 0 Å². The van der Waals surface area contributed by atoms with Crippen molar-refractivity contribution in [1.29, 1.82) is 0 Å². The van der Waals surface area contributed by atoms with Crippen LogP contribution in [-0.4, -0.2) is 48.3 Å². The highest BCUT2D eigenvalue weighted by molar-refractivity contribution is 8.18. The number of nitrogens with one attached hydrogen (secondary N) is 1. The maximum atomic E-state index is 12.9. The number of hydrogen-bond donors (Lipinski definition) is 1. The molecule has 0 saturated carbocycles. The SMILES string of the molecule is CCOc1cc(/C=C2\SC(=O)N(CCOc3ccc(Cl)cc3)C2=O)ccc1OCC(=O)Nc1ccccc1Cl. The van der Waals surface area contributed by atoms with Crippen molar-refractivity contribution in [3.63, 3.8) is 0 Å². The van der Waals surface area contributed by atoms with Gasteiger partial charge in [0.15, 0.2) is 18.1 Å². The van der Waals surface area contributed by atoms with Gasteiger partial charge in [0.2, 0.25) is 0 Å². The molecule has 11 heteroatoms. The molecule has 0 atom stereocenters. The highest BCUT2D eigenvalue weighted by atomic mass is 35.5. The van der Waals surface area contributed by atoms with Crippen LogP contribution in [0.4, 0.5) is 10.5 Å². The number of thioether (sulfide) groups is 1. The van der Waals surface area contributed by atoms with Crippen molar-refractivity contribution >= 4 is 63.8 Å². The van der Waals surface area contributed by atoms with Gasteiger partial charge in [0.25, 0.3) is 17.1 Å². The van der Waals surface area contributed by atoms with Gasteiger partial charge in [-0.15, -0.1) is 0 Å². The molecule has 1 aliphatic rings. The Kier molecular flexibility index (Phi) is 9.75. The third-order valence-corrected chi connectivity index (χ3v) is 6.83. The number of rotatable bonds is 11. The number of ether oxygens (including phenoxy) is 3. The quantitative estimate of drug-likeness (QED) is 0.255. The normalized spacial score (nSPS) is 14.0. The molecule has 3 aromatic carbocycles. The minimum atomic E-state index is -0.403. The molecule has 1 N–H and O–H groups in total. The van der Waals surface area contributed by atoms with Gasteiger partial charge in [0.05, 0.1) is 28.8 Å². The third kappa shape index (κ3) is 7.69. The van der Waals surface area contributed by atoms with Crippen LogP contribution in [0, 0.1) is 0 Å². The molecule has 1 saturated heterocycles. The number of amides is 3. The molecule has 202 valence electrons. The van der Waals surface area contributed by atoms with E-state index in [1.807, 2.05) is 6.92 Å². The molecule has 39 heavy (non-hydrogen) atoms. The van der Waals surface area contributed by atoms with E-state index in [2.05, 4.69) is 5.32 Å². The predicted molar refractivity (Wildman–Crippen MR) is 153 cm³/mol. The minimum Gasteiger partial charge on any atom is -0.492 e. The summed E-state index contributed by atoms with van der Waals surface area (Å²) in [7, 11) is 0. The van der Waals surface area contributed by atoms with E-state index in [9.17, 15) is 14.4 Å². The number of carbonyl (C=O) groups excluding carboxylic acids is 3. The minimum absolute atomic E-state index is 0.109. The Labute approximate surface area is 239 Å². The second-order valence-corrected chi connectivity index (χ2v) is 9.93. The molecule has 1 fully saturated rings. The summed E-state index contributed by atoms with van der Waals surface area (Å²) >= 11 is 12.8. The number of imide groups is 1. The van der Waals surface area contributed by atoms with Crippen LogP contribution in [0.15, 0.2) is 71.6 Å². The van der Waals surface area contributed by atoms with Crippen molar-refractivity contribution < 1.29 is 28.6 Å². The van der Waals surface area contributed by atoms with E-state index >= 15 is 0 Å². The molecule has 4 rings (SSSR count). The van der Waals surface area contributed by atoms with E-state index < -0.39 is 5.91 Å². The van der Waals surface area contributed by atoms with Gasteiger partial charge in [-0.1, -0.05) is 41.4 Å². The van der Waals surface area contributed by atoms with Crippen molar-refractivity contribution in [2.45, 2.75) is 6.92 Å². The molecule has 1 heterocycles. The van der Waals surface area contributed by atoms with E-state index in [0.29, 0.717) is 45.2 Å². The van der Waals surface area contributed by atoms with Gasteiger partial charge in [-0.05, 0) is 78.9 Å². The second-order valence-electron chi connectivity index (χ2n) is 8.09.